The van der Waals surface area contributed by atoms with E-state index >= 15 is 0 Å². The van der Waals surface area contributed by atoms with Crippen molar-refractivity contribution in [1.29, 1.82) is 0 Å². The highest BCUT2D eigenvalue weighted by Crippen LogP contribution is 2.17. The zero-order chi connectivity index (χ0) is 17.4. The summed E-state index contributed by atoms with van der Waals surface area (Å²) in [5.41, 5.74) is 1.15. The van der Waals surface area contributed by atoms with E-state index in [-0.39, 0.29) is 24.5 Å². The van der Waals surface area contributed by atoms with Gasteiger partial charge in [0, 0.05) is 17.5 Å². The summed E-state index contributed by atoms with van der Waals surface area (Å²) in [4.78, 5) is 27.0. The van der Waals surface area contributed by atoms with Gasteiger partial charge in [-0.05, 0) is 43.8 Å². The second kappa shape index (κ2) is 9.69. The quantitative estimate of drug-likeness (QED) is 0.775. The van der Waals surface area contributed by atoms with Gasteiger partial charge in [0.2, 0.25) is 5.91 Å². The molecular weight excluding hydrogens is 322 g/mol. The predicted molar refractivity (Wildman–Crippen MR) is 98.1 cm³/mol. The first-order chi connectivity index (χ1) is 11.6. The van der Waals surface area contributed by atoms with Gasteiger partial charge in [-0.15, -0.1) is 11.8 Å². The summed E-state index contributed by atoms with van der Waals surface area (Å²) in [6.45, 7) is 0.870. The first-order valence-corrected chi connectivity index (χ1v) is 9.71. The normalized spacial score (nSPS) is 15.3. The minimum Gasteiger partial charge on any atom is -0.335 e. The molecule has 2 rings (SSSR count). The third-order valence-corrected chi connectivity index (χ3v) is 4.96. The van der Waals surface area contributed by atoms with Crippen LogP contribution in [0.5, 0.6) is 0 Å². The molecule has 132 valence electrons. The van der Waals surface area contributed by atoms with E-state index in [4.69, 9.17) is 0 Å². The summed E-state index contributed by atoms with van der Waals surface area (Å²) < 4.78 is 0. The lowest BCUT2D eigenvalue weighted by Crippen LogP contribution is -2.47. The summed E-state index contributed by atoms with van der Waals surface area (Å²) in [5, 5.41) is 5.32. The summed E-state index contributed by atoms with van der Waals surface area (Å²) in [5.74, 6) is -0.272. The van der Waals surface area contributed by atoms with Crippen LogP contribution >= 0.6 is 11.8 Å². The van der Waals surface area contributed by atoms with Gasteiger partial charge < -0.3 is 5.32 Å². The number of nitrogens with one attached hydrogen (secondary N) is 2. The Morgan fingerprint density at radius 1 is 1.17 bits per heavy atom. The molecule has 24 heavy (non-hydrogen) atoms. The molecule has 1 saturated carbocycles. The molecule has 0 spiro atoms. The van der Waals surface area contributed by atoms with E-state index in [9.17, 15) is 9.59 Å². The standard InChI is InChI=1S/C18H27N3O2S/c1-21(12-14-8-10-16(24-2)11-9-14)13-17(22)20-18(23)19-15-6-4-3-5-7-15/h8-11,15H,3-7,12-13H2,1-2H3,(H2,19,20,22,23). The summed E-state index contributed by atoms with van der Waals surface area (Å²) in [6.07, 6.45) is 7.60. The molecule has 1 aliphatic carbocycles. The molecular formula is C18H27N3O2S. The Morgan fingerprint density at radius 3 is 2.46 bits per heavy atom. The molecule has 5 nitrogen and oxygen atoms in total. The van der Waals surface area contributed by atoms with Gasteiger partial charge in [0.25, 0.3) is 0 Å². The Bertz CT molecular complexity index is 542. The van der Waals surface area contributed by atoms with Gasteiger partial charge in [-0.3, -0.25) is 15.0 Å². The number of nitrogens with zero attached hydrogens (tertiary/aromatic N) is 1. The SMILES string of the molecule is CSc1ccc(CN(C)CC(=O)NC(=O)NC2CCCCC2)cc1. The van der Waals surface area contributed by atoms with Crippen LogP contribution < -0.4 is 10.6 Å². The van der Waals surface area contributed by atoms with E-state index in [0.717, 1.165) is 31.2 Å². The number of imide groups is 1. The lowest BCUT2D eigenvalue weighted by atomic mass is 9.96. The topological polar surface area (TPSA) is 61.4 Å². The van der Waals surface area contributed by atoms with Gasteiger partial charge in [-0.1, -0.05) is 31.4 Å². The van der Waals surface area contributed by atoms with Crippen molar-refractivity contribution in [1.82, 2.24) is 15.5 Å². The maximum Gasteiger partial charge on any atom is 0.321 e. The van der Waals surface area contributed by atoms with Crippen LogP contribution in [0.15, 0.2) is 29.2 Å². The maximum absolute atomic E-state index is 12.0. The van der Waals surface area contributed by atoms with Gasteiger partial charge in [0.1, 0.15) is 0 Å². The first-order valence-electron chi connectivity index (χ1n) is 8.48. The fourth-order valence-electron chi connectivity index (χ4n) is 2.98. The molecule has 3 amide bonds. The largest absolute Gasteiger partial charge is 0.335 e. The number of carbonyl (C=O) groups is 2. The highest BCUT2D eigenvalue weighted by Gasteiger charge is 2.17. The molecule has 0 bridgehead atoms. The van der Waals surface area contributed by atoms with Gasteiger partial charge in [-0.25, -0.2) is 4.79 Å². The number of rotatable bonds is 6. The van der Waals surface area contributed by atoms with Crippen LogP contribution in [0.4, 0.5) is 4.79 Å². The van der Waals surface area contributed by atoms with E-state index in [0.29, 0.717) is 6.54 Å². The second-order valence-electron chi connectivity index (χ2n) is 6.38. The van der Waals surface area contributed by atoms with Crippen molar-refractivity contribution in [3.05, 3.63) is 29.8 Å². The van der Waals surface area contributed by atoms with E-state index in [1.165, 1.54) is 11.3 Å². The van der Waals surface area contributed by atoms with E-state index in [1.54, 1.807) is 11.8 Å². The molecule has 2 N–H and O–H groups in total. The fraction of sp³-hybridized carbons (Fsp3) is 0.556. The molecule has 0 radical (unpaired) electrons. The smallest absolute Gasteiger partial charge is 0.321 e. The molecule has 1 aliphatic rings. The van der Waals surface area contributed by atoms with Gasteiger partial charge in [0.15, 0.2) is 0 Å². The summed E-state index contributed by atoms with van der Waals surface area (Å²) in [6, 6.07) is 8.12. The number of urea groups is 1. The third-order valence-electron chi connectivity index (χ3n) is 4.22. The Balaban J connectivity index is 1.71. The molecule has 1 aromatic rings. The molecule has 0 atom stereocenters. The number of thioether (sulfide) groups is 1. The monoisotopic (exact) mass is 349 g/mol. The zero-order valence-corrected chi connectivity index (χ0v) is 15.3. The number of benzene rings is 1. The number of hydrogen-bond donors (Lipinski definition) is 2. The van der Waals surface area contributed by atoms with Crippen molar-refractivity contribution in [3.8, 4) is 0 Å². The van der Waals surface area contributed by atoms with Crippen LogP contribution in [-0.4, -0.2) is 42.7 Å². The molecule has 0 heterocycles. The number of likely N-dealkylation sites (N-methyl/N-ethyl adjacent to an activating group) is 1. The van der Waals surface area contributed by atoms with E-state index in [2.05, 4.69) is 34.9 Å². The molecule has 0 aromatic heterocycles. The Hall–Kier alpha value is -1.53. The zero-order valence-electron chi connectivity index (χ0n) is 14.5. The van der Waals surface area contributed by atoms with Crippen molar-refractivity contribution in [2.75, 3.05) is 19.8 Å². The van der Waals surface area contributed by atoms with Gasteiger partial charge >= 0.3 is 6.03 Å². The average Bonchev–Trinajstić information content (AvgIpc) is 2.56. The van der Waals surface area contributed by atoms with Crippen LogP contribution in [0.1, 0.15) is 37.7 Å². The minimum absolute atomic E-state index is 0.197. The third kappa shape index (κ3) is 6.53. The van der Waals surface area contributed by atoms with E-state index < -0.39 is 0 Å². The number of hydrogen-bond acceptors (Lipinski definition) is 4. The molecule has 6 heteroatoms. The molecule has 1 aromatic carbocycles. The van der Waals surface area contributed by atoms with Gasteiger partial charge in [-0.2, -0.15) is 0 Å². The number of amides is 3. The van der Waals surface area contributed by atoms with Crippen LogP contribution in [-0.2, 0) is 11.3 Å². The highest BCUT2D eigenvalue weighted by atomic mass is 32.2. The Labute approximate surface area is 148 Å². The second-order valence-corrected chi connectivity index (χ2v) is 7.26. The van der Waals surface area contributed by atoms with Crippen LogP contribution in [0.2, 0.25) is 0 Å². The molecule has 1 fully saturated rings. The minimum atomic E-state index is -0.371. The molecule has 0 aliphatic heterocycles. The first kappa shape index (κ1) is 18.8. The van der Waals surface area contributed by atoms with Crippen LogP contribution in [0.3, 0.4) is 0 Å². The maximum atomic E-state index is 12.0. The van der Waals surface area contributed by atoms with Crippen LogP contribution in [0, 0.1) is 0 Å². The molecule has 0 unspecified atom stereocenters. The predicted octanol–water partition coefficient (Wildman–Crippen LogP) is 3.00. The average molecular weight is 350 g/mol. The molecule has 0 saturated heterocycles. The van der Waals surface area contributed by atoms with Crippen molar-refractivity contribution in [2.24, 2.45) is 0 Å². The highest BCUT2D eigenvalue weighted by molar-refractivity contribution is 7.98. The fourth-order valence-corrected chi connectivity index (χ4v) is 3.39. The Kier molecular flexibility index (Phi) is 7.59. The summed E-state index contributed by atoms with van der Waals surface area (Å²) in [7, 11) is 1.88. The van der Waals surface area contributed by atoms with Crippen molar-refractivity contribution in [2.45, 2.75) is 49.6 Å². The summed E-state index contributed by atoms with van der Waals surface area (Å²) >= 11 is 1.71. The lowest BCUT2D eigenvalue weighted by Gasteiger charge is -2.23. The number of carbonyl (C=O) groups excluding carboxylic acids is 2. The van der Waals surface area contributed by atoms with Gasteiger partial charge in [0.05, 0.1) is 6.54 Å². The van der Waals surface area contributed by atoms with Crippen molar-refractivity contribution >= 4 is 23.7 Å². The van der Waals surface area contributed by atoms with E-state index in [1.807, 2.05) is 18.2 Å². The Morgan fingerprint density at radius 2 is 1.83 bits per heavy atom. The lowest BCUT2D eigenvalue weighted by molar-refractivity contribution is -0.121. The van der Waals surface area contributed by atoms with Crippen LogP contribution in [0.25, 0.3) is 0 Å². The van der Waals surface area contributed by atoms with Crippen molar-refractivity contribution in [3.63, 3.8) is 0 Å². The van der Waals surface area contributed by atoms with Crippen molar-refractivity contribution < 1.29 is 9.59 Å².